The molecule has 1 atom stereocenters. The SMILES string of the molecule is CC(C)(C)OC(=O)N1CCCC(O)(CSc2ccc(Cl)cc2)C1. The van der Waals surface area contributed by atoms with Gasteiger partial charge in [0.1, 0.15) is 5.60 Å². The maximum Gasteiger partial charge on any atom is 0.410 e. The zero-order chi connectivity index (χ0) is 17.1. The Morgan fingerprint density at radius 1 is 1.39 bits per heavy atom. The predicted molar refractivity (Wildman–Crippen MR) is 94.2 cm³/mol. The highest BCUT2D eigenvalue weighted by Gasteiger charge is 2.36. The third kappa shape index (κ3) is 5.90. The number of piperidine rings is 1. The first-order valence-electron chi connectivity index (χ1n) is 7.76. The summed E-state index contributed by atoms with van der Waals surface area (Å²) in [6.07, 6.45) is 1.11. The van der Waals surface area contributed by atoms with Crippen LogP contribution in [0.4, 0.5) is 4.79 Å². The third-order valence-corrected chi connectivity index (χ3v) is 5.07. The molecule has 0 spiro atoms. The highest BCUT2D eigenvalue weighted by Crippen LogP contribution is 2.30. The average Bonchev–Trinajstić information content (AvgIpc) is 2.45. The number of aliphatic hydroxyl groups is 1. The van der Waals surface area contributed by atoms with Crippen LogP contribution >= 0.6 is 23.4 Å². The molecule has 2 rings (SSSR count). The molecule has 0 saturated carbocycles. The van der Waals surface area contributed by atoms with E-state index in [4.69, 9.17) is 16.3 Å². The van der Waals surface area contributed by atoms with Gasteiger partial charge < -0.3 is 14.7 Å². The molecule has 0 aromatic heterocycles. The number of hydrogen-bond acceptors (Lipinski definition) is 4. The van der Waals surface area contributed by atoms with E-state index in [0.717, 1.165) is 11.3 Å². The summed E-state index contributed by atoms with van der Waals surface area (Å²) in [5, 5.41) is 11.5. The van der Waals surface area contributed by atoms with Crippen LogP contribution in [0, 0.1) is 0 Å². The summed E-state index contributed by atoms with van der Waals surface area (Å²) in [4.78, 5) is 14.8. The van der Waals surface area contributed by atoms with Gasteiger partial charge in [-0.1, -0.05) is 11.6 Å². The second-order valence-electron chi connectivity index (χ2n) is 6.97. The molecule has 1 aliphatic rings. The van der Waals surface area contributed by atoms with Crippen LogP contribution in [-0.2, 0) is 4.74 Å². The number of hydrogen-bond donors (Lipinski definition) is 1. The Morgan fingerprint density at radius 2 is 2.04 bits per heavy atom. The Morgan fingerprint density at radius 3 is 2.65 bits per heavy atom. The molecule has 23 heavy (non-hydrogen) atoms. The Hall–Kier alpha value is -0.910. The fourth-order valence-corrected chi connectivity index (χ4v) is 3.59. The Labute approximate surface area is 147 Å². The van der Waals surface area contributed by atoms with E-state index in [-0.39, 0.29) is 6.09 Å². The van der Waals surface area contributed by atoms with Crippen molar-refractivity contribution in [2.24, 2.45) is 0 Å². The van der Waals surface area contributed by atoms with Crippen molar-refractivity contribution in [3.8, 4) is 0 Å². The van der Waals surface area contributed by atoms with Gasteiger partial charge in [-0.3, -0.25) is 0 Å². The second kappa shape index (κ2) is 7.32. The summed E-state index contributed by atoms with van der Waals surface area (Å²) in [5.74, 6) is 0.536. The van der Waals surface area contributed by atoms with Crippen molar-refractivity contribution >= 4 is 29.5 Å². The normalized spacial score (nSPS) is 22.0. The zero-order valence-electron chi connectivity index (χ0n) is 13.8. The first-order valence-corrected chi connectivity index (χ1v) is 9.12. The van der Waals surface area contributed by atoms with Crippen LogP contribution in [0.15, 0.2) is 29.2 Å². The molecule has 128 valence electrons. The monoisotopic (exact) mass is 357 g/mol. The van der Waals surface area contributed by atoms with E-state index < -0.39 is 11.2 Å². The number of carbonyl (C=O) groups is 1. The highest BCUT2D eigenvalue weighted by atomic mass is 35.5. The number of thioether (sulfide) groups is 1. The van der Waals surface area contributed by atoms with Crippen LogP contribution in [0.3, 0.4) is 0 Å². The number of benzene rings is 1. The van der Waals surface area contributed by atoms with Gasteiger partial charge in [-0.05, 0) is 57.9 Å². The summed E-state index contributed by atoms with van der Waals surface area (Å²) in [7, 11) is 0. The molecule has 0 radical (unpaired) electrons. The number of amides is 1. The molecule has 1 amide bonds. The van der Waals surface area contributed by atoms with Gasteiger partial charge in [0.05, 0.1) is 12.1 Å². The summed E-state index contributed by atoms with van der Waals surface area (Å²) in [6.45, 7) is 6.47. The summed E-state index contributed by atoms with van der Waals surface area (Å²) in [5.41, 5.74) is -1.41. The van der Waals surface area contributed by atoms with E-state index in [2.05, 4.69) is 0 Å². The van der Waals surface area contributed by atoms with Crippen LogP contribution < -0.4 is 0 Å². The van der Waals surface area contributed by atoms with Crippen LogP contribution in [0.2, 0.25) is 5.02 Å². The smallest absolute Gasteiger partial charge is 0.410 e. The van der Waals surface area contributed by atoms with Crippen molar-refractivity contribution in [2.45, 2.75) is 49.7 Å². The summed E-state index contributed by atoms with van der Waals surface area (Å²) in [6, 6.07) is 7.54. The molecule has 1 fully saturated rings. The Kier molecular flexibility index (Phi) is 5.87. The van der Waals surface area contributed by atoms with E-state index in [1.54, 1.807) is 16.7 Å². The molecule has 0 bridgehead atoms. The highest BCUT2D eigenvalue weighted by molar-refractivity contribution is 7.99. The lowest BCUT2D eigenvalue weighted by molar-refractivity contribution is -0.0302. The van der Waals surface area contributed by atoms with Gasteiger partial charge in [-0.2, -0.15) is 0 Å². The quantitative estimate of drug-likeness (QED) is 0.824. The Bertz CT molecular complexity index is 544. The van der Waals surface area contributed by atoms with Crippen molar-refractivity contribution in [2.75, 3.05) is 18.8 Å². The van der Waals surface area contributed by atoms with Crippen molar-refractivity contribution in [3.05, 3.63) is 29.3 Å². The van der Waals surface area contributed by atoms with Crippen molar-refractivity contribution < 1.29 is 14.6 Å². The third-order valence-electron chi connectivity index (χ3n) is 3.53. The summed E-state index contributed by atoms with van der Waals surface area (Å²) >= 11 is 7.45. The fourth-order valence-electron chi connectivity index (χ4n) is 2.46. The van der Waals surface area contributed by atoms with E-state index >= 15 is 0 Å². The van der Waals surface area contributed by atoms with E-state index in [1.807, 2.05) is 45.0 Å². The molecule has 1 heterocycles. The molecule has 1 aromatic rings. The molecule has 1 saturated heterocycles. The molecule has 1 unspecified atom stereocenters. The van der Waals surface area contributed by atoms with Gasteiger partial charge in [0.15, 0.2) is 0 Å². The van der Waals surface area contributed by atoms with Crippen LogP contribution in [0.25, 0.3) is 0 Å². The maximum atomic E-state index is 12.2. The largest absolute Gasteiger partial charge is 0.444 e. The number of ether oxygens (including phenoxy) is 1. The van der Waals surface area contributed by atoms with Crippen LogP contribution in [0.1, 0.15) is 33.6 Å². The summed E-state index contributed by atoms with van der Waals surface area (Å²) < 4.78 is 5.40. The van der Waals surface area contributed by atoms with Gasteiger partial charge in [-0.25, -0.2) is 4.79 Å². The molecular formula is C17H24ClNO3S. The Balaban J connectivity index is 1.93. The fraction of sp³-hybridized carbons (Fsp3) is 0.588. The molecular weight excluding hydrogens is 334 g/mol. The molecule has 1 aromatic carbocycles. The molecule has 0 aliphatic carbocycles. The number of carbonyl (C=O) groups excluding carboxylic acids is 1. The van der Waals surface area contributed by atoms with Crippen molar-refractivity contribution in [3.63, 3.8) is 0 Å². The van der Waals surface area contributed by atoms with Crippen molar-refractivity contribution in [1.29, 1.82) is 0 Å². The van der Waals surface area contributed by atoms with Gasteiger partial charge in [-0.15, -0.1) is 11.8 Å². The first-order chi connectivity index (χ1) is 10.7. The molecule has 6 heteroatoms. The standard InChI is InChI=1S/C17H24ClNO3S/c1-16(2,3)22-15(20)19-10-4-9-17(21,11-19)12-23-14-7-5-13(18)6-8-14/h5-8,21H,4,9-12H2,1-3H3. The van der Waals surface area contributed by atoms with Gasteiger partial charge in [0.25, 0.3) is 0 Å². The number of halogens is 1. The predicted octanol–water partition coefficient (Wildman–Crippen LogP) is 4.19. The van der Waals surface area contributed by atoms with Gasteiger partial charge in [0.2, 0.25) is 0 Å². The average molecular weight is 358 g/mol. The second-order valence-corrected chi connectivity index (χ2v) is 8.46. The maximum absolute atomic E-state index is 12.2. The van der Waals surface area contributed by atoms with Crippen LogP contribution in [-0.4, -0.2) is 46.1 Å². The lowest BCUT2D eigenvalue weighted by atomic mass is 9.95. The van der Waals surface area contributed by atoms with E-state index in [0.29, 0.717) is 30.3 Å². The number of likely N-dealkylation sites (tertiary alicyclic amines) is 1. The zero-order valence-corrected chi connectivity index (χ0v) is 15.4. The van der Waals surface area contributed by atoms with Gasteiger partial charge >= 0.3 is 6.09 Å². The number of rotatable bonds is 3. The van der Waals surface area contributed by atoms with Crippen LogP contribution in [0.5, 0.6) is 0 Å². The topological polar surface area (TPSA) is 49.8 Å². The van der Waals surface area contributed by atoms with Gasteiger partial charge in [0, 0.05) is 22.2 Å². The minimum atomic E-state index is -0.889. The minimum Gasteiger partial charge on any atom is -0.444 e. The van der Waals surface area contributed by atoms with E-state index in [1.165, 1.54) is 0 Å². The number of β-amino-alcohol motifs (C(OH)–C–C–N with tert-alkyl or cyclic N) is 1. The molecule has 4 nitrogen and oxygen atoms in total. The first kappa shape index (κ1) is 18.4. The lowest BCUT2D eigenvalue weighted by Crippen LogP contribution is -2.52. The lowest BCUT2D eigenvalue weighted by Gasteiger charge is -2.39. The minimum absolute atomic E-state index is 0.308. The molecule has 1 N–H and O–H groups in total. The molecule has 1 aliphatic heterocycles. The van der Waals surface area contributed by atoms with E-state index in [9.17, 15) is 9.90 Å². The van der Waals surface area contributed by atoms with Crippen molar-refractivity contribution in [1.82, 2.24) is 4.90 Å². The number of nitrogens with zero attached hydrogens (tertiary/aromatic N) is 1.